The van der Waals surface area contributed by atoms with Crippen molar-refractivity contribution in [3.8, 4) is 16.9 Å². The first-order valence-electron chi connectivity index (χ1n) is 10.2. The number of carbonyl (C=O) groups is 1. The van der Waals surface area contributed by atoms with Crippen LogP contribution in [-0.4, -0.2) is 29.7 Å². The number of aromatic nitrogens is 2. The van der Waals surface area contributed by atoms with Crippen LogP contribution in [0.25, 0.3) is 32.9 Å². The first-order chi connectivity index (χ1) is 15.0. The second-order valence-electron chi connectivity index (χ2n) is 7.83. The van der Waals surface area contributed by atoms with Crippen molar-refractivity contribution in [2.75, 3.05) is 13.7 Å². The van der Waals surface area contributed by atoms with Gasteiger partial charge in [0.2, 0.25) is 0 Å². The zero-order valence-corrected chi connectivity index (χ0v) is 17.6. The molecule has 2 aromatic heterocycles. The van der Waals surface area contributed by atoms with Gasteiger partial charge < -0.3 is 9.47 Å². The van der Waals surface area contributed by atoms with Crippen molar-refractivity contribution >= 4 is 27.8 Å². The van der Waals surface area contributed by atoms with E-state index in [1.54, 1.807) is 19.2 Å². The minimum absolute atomic E-state index is 0.0372. The Morgan fingerprint density at radius 3 is 2.87 bits per heavy atom. The van der Waals surface area contributed by atoms with Crippen molar-refractivity contribution in [2.24, 2.45) is 0 Å². The average molecular weight is 416 g/mol. The number of ether oxygens (including phenoxy) is 2. The summed E-state index contributed by atoms with van der Waals surface area (Å²) in [5, 5.41) is 1.61. The van der Waals surface area contributed by atoms with Gasteiger partial charge in [-0.25, -0.2) is 4.39 Å². The standard InChI is InChI=1S/C25H21FN2O3/c1-13-10-20-18(11-19(13)26)24(17(14(2)28-20)12-22(29)30-3)16-4-5-21-23-15(7-9-31-21)6-8-27-25(16)23/h4-6,8,10-11H,7,9,12H2,1-3H3. The van der Waals surface area contributed by atoms with Gasteiger partial charge in [-0.1, -0.05) is 0 Å². The van der Waals surface area contributed by atoms with E-state index in [-0.39, 0.29) is 18.2 Å². The molecule has 1 aliphatic heterocycles. The highest BCUT2D eigenvalue weighted by Gasteiger charge is 2.23. The molecule has 1 aliphatic rings. The number of methoxy groups -OCH3 is 1. The Labute approximate surface area is 178 Å². The fraction of sp³-hybridized carbons (Fsp3) is 0.240. The first-order valence-corrected chi connectivity index (χ1v) is 10.2. The van der Waals surface area contributed by atoms with Crippen molar-refractivity contribution in [1.29, 1.82) is 0 Å². The number of rotatable bonds is 3. The molecule has 3 heterocycles. The molecule has 0 radical (unpaired) electrons. The van der Waals surface area contributed by atoms with Crippen molar-refractivity contribution in [2.45, 2.75) is 26.7 Å². The smallest absolute Gasteiger partial charge is 0.310 e. The third-order valence-corrected chi connectivity index (χ3v) is 5.96. The monoisotopic (exact) mass is 416 g/mol. The SMILES string of the molecule is COC(=O)Cc1c(C)nc2cc(C)c(F)cc2c1-c1ccc2c3c(ccnc13)CCO2. The summed E-state index contributed by atoms with van der Waals surface area (Å²) >= 11 is 0. The van der Waals surface area contributed by atoms with Gasteiger partial charge in [-0.2, -0.15) is 0 Å². The van der Waals surface area contributed by atoms with E-state index in [0.717, 1.165) is 34.2 Å². The molecule has 2 aromatic carbocycles. The lowest BCUT2D eigenvalue weighted by molar-refractivity contribution is -0.139. The van der Waals surface area contributed by atoms with Gasteiger partial charge in [-0.15, -0.1) is 0 Å². The molecule has 0 saturated heterocycles. The summed E-state index contributed by atoms with van der Waals surface area (Å²) in [7, 11) is 1.36. The second kappa shape index (κ2) is 7.30. The van der Waals surface area contributed by atoms with Crippen LogP contribution in [-0.2, 0) is 22.4 Å². The first kappa shape index (κ1) is 19.4. The normalized spacial score (nSPS) is 12.8. The van der Waals surface area contributed by atoms with E-state index in [2.05, 4.69) is 9.97 Å². The maximum atomic E-state index is 14.7. The topological polar surface area (TPSA) is 61.3 Å². The molecule has 156 valence electrons. The lowest BCUT2D eigenvalue weighted by atomic mass is 9.89. The maximum Gasteiger partial charge on any atom is 0.310 e. The molecule has 0 unspecified atom stereocenters. The highest BCUT2D eigenvalue weighted by Crippen LogP contribution is 2.42. The highest BCUT2D eigenvalue weighted by molar-refractivity contribution is 6.07. The van der Waals surface area contributed by atoms with Crippen LogP contribution in [0.4, 0.5) is 4.39 Å². The maximum absolute atomic E-state index is 14.7. The fourth-order valence-corrected chi connectivity index (χ4v) is 4.39. The Bertz CT molecular complexity index is 1370. The third-order valence-electron chi connectivity index (χ3n) is 5.96. The molecule has 0 atom stereocenters. The Morgan fingerprint density at radius 2 is 2.06 bits per heavy atom. The van der Waals surface area contributed by atoms with E-state index in [4.69, 9.17) is 9.47 Å². The Balaban J connectivity index is 1.92. The van der Waals surface area contributed by atoms with Crippen LogP contribution in [0.3, 0.4) is 0 Å². The highest BCUT2D eigenvalue weighted by atomic mass is 19.1. The average Bonchev–Trinajstić information content (AvgIpc) is 2.77. The molecule has 5 rings (SSSR count). The second-order valence-corrected chi connectivity index (χ2v) is 7.83. The molecular formula is C25H21FN2O3. The zero-order valence-electron chi connectivity index (χ0n) is 17.6. The Hall–Kier alpha value is -3.54. The van der Waals surface area contributed by atoms with E-state index in [9.17, 15) is 9.18 Å². The predicted molar refractivity (Wildman–Crippen MR) is 117 cm³/mol. The Morgan fingerprint density at radius 1 is 1.23 bits per heavy atom. The van der Waals surface area contributed by atoms with E-state index in [0.29, 0.717) is 34.3 Å². The zero-order chi connectivity index (χ0) is 21.7. The van der Waals surface area contributed by atoms with Gasteiger partial charge in [0.05, 0.1) is 31.2 Å². The lowest BCUT2D eigenvalue weighted by Crippen LogP contribution is -2.11. The van der Waals surface area contributed by atoms with E-state index >= 15 is 0 Å². The van der Waals surface area contributed by atoms with Gasteiger partial charge in [0.15, 0.2) is 0 Å². The van der Waals surface area contributed by atoms with Gasteiger partial charge in [0.25, 0.3) is 0 Å². The molecule has 0 saturated carbocycles. The molecule has 4 aromatic rings. The van der Waals surface area contributed by atoms with Gasteiger partial charge >= 0.3 is 5.97 Å². The van der Waals surface area contributed by atoms with Crippen molar-refractivity contribution in [3.05, 3.63) is 64.7 Å². The summed E-state index contributed by atoms with van der Waals surface area (Å²) in [6, 6.07) is 9.11. The van der Waals surface area contributed by atoms with Gasteiger partial charge in [-0.3, -0.25) is 14.8 Å². The number of halogens is 1. The molecule has 0 bridgehead atoms. The number of nitrogens with zero attached hydrogens (tertiary/aromatic N) is 2. The van der Waals surface area contributed by atoms with Gasteiger partial charge in [0.1, 0.15) is 11.6 Å². The van der Waals surface area contributed by atoms with Crippen LogP contribution in [0.5, 0.6) is 5.75 Å². The minimum atomic E-state index is -0.378. The van der Waals surface area contributed by atoms with Crippen LogP contribution < -0.4 is 4.74 Å². The molecule has 6 heteroatoms. The molecule has 0 N–H and O–H groups in total. The quantitative estimate of drug-likeness (QED) is 0.447. The largest absolute Gasteiger partial charge is 0.493 e. The van der Waals surface area contributed by atoms with E-state index in [1.807, 2.05) is 25.1 Å². The summed E-state index contributed by atoms with van der Waals surface area (Å²) < 4.78 is 25.4. The number of hydrogen-bond donors (Lipinski definition) is 0. The van der Waals surface area contributed by atoms with Crippen LogP contribution in [0.15, 0.2) is 36.5 Å². The molecular weight excluding hydrogens is 395 g/mol. The van der Waals surface area contributed by atoms with Crippen LogP contribution in [0.2, 0.25) is 0 Å². The summed E-state index contributed by atoms with van der Waals surface area (Å²) in [4.78, 5) is 21.6. The van der Waals surface area contributed by atoms with Gasteiger partial charge in [0, 0.05) is 34.6 Å². The molecule has 0 aliphatic carbocycles. The predicted octanol–water partition coefficient (Wildman–Crippen LogP) is 4.86. The molecule has 0 spiro atoms. The Kier molecular flexibility index (Phi) is 4.58. The van der Waals surface area contributed by atoms with Crippen LogP contribution >= 0.6 is 0 Å². The van der Waals surface area contributed by atoms with Crippen molar-refractivity contribution in [1.82, 2.24) is 9.97 Å². The molecule has 0 fully saturated rings. The summed E-state index contributed by atoms with van der Waals surface area (Å²) in [6.07, 6.45) is 2.63. The summed E-state index contributed by atoms with van der Waals surface area (Å²) in [5.41, 5.74) is 6.13. The van der Waals surface area contributed by atoms with E-state index < -0.39 is 0 Å². The summed E-state index contributed by atoms with van der Waals surface area (Å²) in [6.45, 7) is 4.21. The van der Waals surface area contributed by atoms with E-state index in [1.165, 1.54) is 18.7 Å². The number of carbonyl (C=O) groups excluding carboxylic acids is 1. The number of pyridine rings is 2. The fourth-order valence-electron chi connectivity index (χ4n) is 4.39. The van der Waals surface area contributed by atoms with Gasteiger partial charge in [-0.05, 0) is 66.4 Å². The molecule has 31 heavy (non-hydrogen) atoms. The number of esters is 1. The molecule has 5 nitrogen and oxygen atoms in total. The number of hydrogen-bond acceptors (Lipinski definition) is 5. The number of benzene rings is 2. The molecule has 0 amide bonds. The lowest BCUT2D eigenvalue weighted by Gasteiger charge is -2.21. The third kappa shape index (κ3) is 3.10. The van der Waals surface area contributed by atoms with Crippen LogP contribution in [0, 0.1) is 19.7 Å². The minimum Gasteiger partial charge on any atom is -0.493 e. The van der Waals surface area contributed by atoms with Crippen molar-refractivity contribution in [3.63, 3.8) is 0 Å². The summed E-state index contributed by atoms with van der Waals surface area (Å²) in [5.74, 6) is 0.0966. The number of aryl methyl sites for hydroxylation is 2. The number of fused-ring (bicyclic) bond motifs is 1. The van der Waals surface area contributed by atoms with Crippen molar-refractivity contribution < 1.29 is 18.7 Å². The van der Waals surface area contributed by atoms with Crippen LogP contribution in [0.1, 0.15) is 22.4 Å².